The summed E-state index contributed by atoms with van der Waals surface area (Å²) in [4.78, 5) is 9.93. The lowest BCUT2D eigenvalue weighted by atomic mass is 10.3. The lowest BCUT2D eigenvalue weighted by Crippen LogP contribution is -2.22. The number of methoxy groups -OCH3 is 1. The van der Waals surface area contributed by atoms with E-state index in [4.69, 9.17) is 10.5 Å². The van der Waals surface area contributed by atoms with Crippen molar-refractivity contribution in [3.63, 3.8) is 0 Å². The van der Waals surface area contributed by atoms with Gasteiger partial charge in [-0.2, -0.15) is 0 Å². The molecule has 5 nitrogen and oxygen atoms in total. The summed E-state index contributed by atoms with van der Waals surface area (Å²) >= 11 is 1.65. The number of nitrogens with zero attached hydrogens (tertiary/aromatic N) is 2. The fourth-order valence-electron chi connectivity index (χ4n) is 1.62. The molecule has 0 saturated carbocycles. The molecule has 3 N–H and O–H groups in total. The van der Waals surface area contributed by atoms with Gasteiger partial charge in [0.15, 0.2) is 5.96 Å². The molecular formula is C14H18N4OS. The highest BCUT2D eigenvalue weighted by molar-refractivity contribution is 7.11. The van der Waals surface area contributed by atoms with Gasteiger partial charge in [0, 0.05) is 10.6 Å². The number of aliphatic imine (C=N–C) groups is 1. The highest BCUT2D eigenvalue weighted by Gasteiger charge is 2.03. The number of nitrogens with two attached hydrogens (primary N) is 1. The Morgan fingerprint density at radius 2 is 2.05 bits per heavy atom. The molecule has 106 valence electrons. The summed E-state index contributed by atoms with van der Waals surface area (Å²) in [5.41, 5.74) is 7.78. The standard InChI is InChI=1S/C14H18N4OS/c1-9-10(2)20-13(17-9)8-16-14(15)18-11-4-6-12(19-3)7-5-11/h4-7H,8H2,1-3H3,(H3,15,16,18). The molecule has 0 aliphatic rings. The van der Waals surface area contributed by atoms with Gasteiger partial charge in [-0.25, -0.2) is 9.98 Å². The van der Waals surface area contributed by atoms with Crippen LogP contribution in [0.25, 0.3) is 0 Å². The molecule has 20 heavy (non-hydrogen) atoms. The number of rotatable bonds is 4. The third-order valence-electron chi connectivity index (χ3n) is 2.82. The van der Waals surface area contributed by atoms with E-state index in [1.807, 2.05) is 31.2 Å². The van der Waals surface area contributed by atoms with E-state index >= 15 is 0 Å². The van der Waals surface area contributed by atoms with Crippen molar-refractivity contribution in [2.24, 2.45) is 10.7 Å². The summed E-state index contributed by atoms with van der Waals surface area (Å²) in [6.07, 6.45) is 0. The maximum Gasteiger partial charge on any atom is 0.193 e. The first-order valence-electron chi connectivity index (χ1n) is 6.22. The fraction of sp³-hybridized carbons (Fsp3) is 0.286. The number of guanidine groups is 1. The highest BCUT2D eigenvalue weighted by atomic mass is 32.1. The summed E-state index contributed by atoms with van der Waals surface area (Å²) in [6, 6.07) is 7.50. The van der Waals surface area contributed by atoms with Crippen LogP contribution >= 0.6 is 11.3 Å². The molecule has 1 heterocycles. The van der Waals surface area contributed by atoms with Crippen LogP contribution in [0.3, 0.4) is 0 Å². The fourth-order valence-corrected chi connectivity index (χ4v) is 2.48. The largest absolute Gasteiger partial charge is 0.497 e. The summed E-state index contributed by atoms with van der Waals surface area (Å²) in [5, 5.41) is 4.01. The Hall–Kier alpha value is -2.08. The average molecular weight is 290 g/mol. The number of aryl methyl sites for hydroxylation is 2. The van der Waals surface area contributed by atoms with Gasteiger partial charge < -0.3 is 15.8 Å². The zero-order chi connectivity index (χ0) is 14.5. The van der Waals surface area contributed by atoms with Crippen LogP contribution in [0.5, 0.6) is 5.75 Å². The van der Waals surface area contributed by atoms with Crippen LogP contribution < -0.4 is 15.8 Å². The predicted molar refractivity (Wildman–Crippen MR) is 83.5 cm³/mol. The van der Waals surface area contributed by atoms with Crippen molar-refractivity contribution in [1.29, 1.82) is 0 Å². The van der Waals surface area contributed by atoms with Crippen LogP contribution in [-0.4, -0.2) is 18.1 Å². The number of hydrogen-bond donors (Lipinski definition) is 2. The zero-order valence-electron chi connectivity index (χ0n) is 11.8. The Labute approximate surface area is 122 Å². The van der Waals surface area contributed by atoms with Gasteiger partial charge in [-0.15, -0.1) is 11.3 Å². The van der Waals surface area contributed by atoms with E-state index in [9.17, 15) is 0 Å². The lowest BCUT2D eigenvalue weighted by molar-refractivity contribution is 0.415. The van der Waals surface area contributed by atoms with E-state index < -0.39 is 0 Å². The van der Waals surface area contributed by atoms with E-state index in [1.54, 1.807) is 18.4 Å². The molecule has 1 aromatic carbocycles. The third-order valence-corrected chi connectivity index (χ3v) is 3.88. The van der Waals surface area contributed by atoms with Crippen LogP contribution in [0.15, 0.2) is 29.3 Å². The van der Waals surface area contributed by atoms with Gasteiger partial charge in [0.2, 0.25) is 0 Å². The molecule has 2 aromatic rings. The second-order valence-electron chi connectivity index (χ2n) is 4.30. The highest BCUT2D eigenvalue weighted by Crippen LogP contribution is 2.17. The van der Waals surface area contributed by atoms with Crippen LogP contribution in [0, 0.1) is 13.8 Å². The van der Waals surface area contributed by atoms with Gasteiger partial charge in [0.05, 0.1) is 19.3 Å². The summed E-state index contributed by atoms with van der Waals surface area (Å²) in [7, 11) is 1.64. The maximum atomic E-state index is 5.85. The molecule has 6 heteroatoms. The molecule has 0 fully saturated rings. The first-order valence-corrected chi connectivity index (χ1v) is 7.04. The van der Waals surface area contributed by atoms with Crippen molar-refractivity contribution >= 4 is 23.0 Å². The number of anilines is 1. The molecule has 0 atom stereocenters. The van der Waals surface area contributed by atoms with Crippen LogP contribution in [0.2, 0.25) is 0 Å². The van der Waals surface area contributed by atoms with Crippen molar-refractivity contribution in [1.82, 2.24) is 4.98 Å². The molecule has 0 radical (unpaired) electrons. The minimum absolute atomic E-state index is 0.376. The number of thiazole rings is 1. The number of ether oxygens (including phenoxy) is 1. The summed E-state index contributed by atoms with van der Waals surface area (Å²) in [6.45, 7) is 4.55. The van der Waals surface area contributed by atoms with E-state index in [2.05, 4.69) is 22.2 Å². The summed E-state index contributed by atoms with van der Waals surface area (Å²) < 4.78 is 5.10. The van der Waals surface area contributed by atoms with Crippen molar-refractivity contribution in [3.8, 4) is 5.75 Å². The molecule has 2 rings (SSSR count). The zero-order valence-corrected chi connectivity index (χ0v) is 12.6. The van der Waals surface area contributed by atoms with Gasteiger partial charge in [-0.3, -0.25) is 0 Å². The smallest absolute Gasteiger partial charge is 0.193 e. The SMILES string of the molecule is COc1ccc(NC(N)=NCc2nc(C)c(C)s2)cc1. The Bertz CT molecular complexity index is 585. The first-order chi connectivity index (χ1) is 9.58. The van der Waals surface area contributed by atoms with Crippen molar-refractivity contribution in [3.05, 3.63) is 39.8 Å². The molecule has 0 unspecified atom stereocenters. The minimum atomic E-state index is 0.376. The maximum absolute atomic E-state index is 5.85. The lowest BCUT2D eigenvalue weighted by Gasteiger charge is -2.06. The van der Waals surface area contributed by atoms with Gasteiger partial charge in [-0.05, 0) is 38.1 Å². The first kappa shape index (κ1) is 14.3. The quantitative estimate of drug-likeness (QED) is 0.671. The second-order valence-corrected chi connectivity index (χ2v) is 5.59. The van der Waals surface area contributed by atoms with Crippen molar-refractivity contribution in [2.45, 2.75) is 20.4 Å². The molecule has 0 aliphatic carbocycles. The molecular weight excluding hydrogens is 272 g/mol. The van der Waals surface area contributed by atoms with Gasteiger partial charge >= 0.3 is 0 Å². The Morgan fingerprint density at radius 3 is 2.60 bits per heavy atom. The molecule has 0 spiro atoms. The molecule has 0 bridgehead atoms. The van der Waals surface area contributed by atoms with Gasteiger partial charge in [0.25, 0.3) is 0 Å². The van der Waals surface area contributed by atoms with Crippen LogP contribution in [0.4, 0.5) is 5.69 Å². The predicted octanol–water partition coefficient (Wildman–Crippen LogP) is 2.70. The van der Waals surface area contributed by atoms with E-state index in [-0.39, 0.29) is 0 Å². The van der Waals surface area contributed by atoms with Gasteiger partial charge in [0.1, 0.15) is 10.8 Å². The Kier molecular flexibility index (Phi) is 4.57. The summed E-state index contributed by atoms with van der Waals surface area (Å²) in [5.74, 6) is 1.18. The number of benzene rings is 1. The number of nitrogens with one attached hydrogen (secondary N) is 1. The molecule has 1 aromatic heterocycles. The second kappa shape index (κ2) is 6.38. The minimum Gasteiger partial charge on any atom is -0.497 e. The average Bonchev–Trinajstić information content (AvgIpc) is 2.76. The number of hydrogen-bond acceptors (Lipinski definition) is 4. The van der Waals surface area contributed by atoms with Crippen molar-refractivity contribution in [2.75, 3.05) is 12.4 Å². The normalized spacial score (nSPS) is 11.4. The van der Waals surface area contributed by atoms with Crippen LogP contribution in [-0.2, 0) is 6.54 Å². The van der Waals surface area contributed by atoms with E-state index in [0.29, 0.717) is 12.5 Å². The molecule has 0 aliphatic heterocycles. The molecule has 0 amide bonds. The molecule has 0 saturated heterocycles. The Morgan fingerprint density at radius 1 is 1.35 bits per heavy atom. The Balaban J connectivity index is 1.96. The van der Waals surface area contributed by atoms with Crippen molar-refractivity contribution < 1.29 is 4.74 Å². The van der Waals surface area contributed by atoms with E-state index in [0.717, 1.165) is 22.1 Å². The topological polar surface area (TPSA) is 72.5 Å². The number of aromatic nitrogens is 1. The monoisotopic (exact) mass is 290 g/mol. The third kappa shape index (κ3) is 3.71. The van der Waals surface area contributed by atoms with E-state index in [1.165, 1.54) is 4.88 Å². The van der Waals surface area contributed by atoms with Gasteiger partial charge in [-0.1, -0.05) is 0 Å². The van der Waals surface area contributed by atoms with Crippen LogP contribution in [0.1, 0.15) is 15.6 Å².